The van der Waals surface area contributed by atoms with Gasteiger partial charge < -0.3 is 4.74 Å². The highest BCUT2D eigenvalue weighted by atomic mass is 35.5. The zero-order valence-corrected chi connectivity index (χ0v) is 9.48. The van der Waals surface area contributed by atoms with Crippen molar-refractivity contribution in [2.24, 2.45) is 0 Å². The predicted molar refractivity (Wildman–Crippen MR) is 59.5 cm³/mol. The molecule has 1 fully saturated rings. The maximum atomic E-state index is 5.88. The summed E-state index contributed by atoms with van der Waals surface area (Å²) in [6.07, 6.45) is 2.15. The Morgan fingerprint density at radius 1 is 1.36 bits per heavy atom. The smallest absolute Gasteiger partial charge is 0.124 e. The second-order valence-electron chi connectivity index (χ2n) is 3.72. The van der Waals surface area contributed by atoms with Gasteiger partial charge in [0.2, 0.25) is 0 Å². The summed E-state index contributed by atoms with van der Waals surface area (Å²) in [4.78, 5) is 0. The molecule has 0 unspecified atom stereocenters. The standard InChI is InChI=1S/C11H12Cl2O/c1-7-2-3-8(12)6-11(7)14-10-4-9(13)5-10/h2-3,6,9-10H,4-5H2,1H3. The summed E-state index contributed by atoms with van der Waals surface area (Å²) in [5.41, 5.74) is 1.12. The maximum Gasteiger partial charge on any atom is 0.124 e. The SMILES string of the molecule is Cc1ccc(Cl)cc1OC1CC(Cl)C1. The van der Waals surface area contributed by atoms with Crippen molar-refractivity contribution in [3.8, 4) is 5.75 Å². The Morgan fingerprint density at radius 3 is 2.71 bits per heavy atom. The first-order chi connectivity index (χ1) is 6.65. The highest BCUT2D eigenvalue weighted by molar-refractivity contribution is 6.30. The molecule has 3 heteroatoms. The lowest BCUT2D eigenvalue weighted by Gasteiger charge is -2.31. The van der Waals surface area contributed by atoms with Crippen molar-refractivity contribution < 1.29 is 4.74 Å². The fourth-order valence-electron chi connectivity index (χ4n) is 1.48. The van der Waals surface area contributed by atoms with Gasteiger partial charge >= 0.3 is 0 Å². The third-order valence-corrected chi connectivity index (χ3v) is 3.07. The van der Waals surface area contributed by atoms with Crippen LogP contribution in [0.15, 0.2) is 18.2 Å². The second kappa shape index (κ2) is 4.00. The van der Waals surface area contributed by atoms with Gasteiger partial charge in [0, 0.05) is 23.2 Å². The second-order valence-corrected chi connectivity index (χ2v) is 4.77. The van der Waals surface area contributed by atoms with Crippen LogP contribution in [0.4, 0.5) is 0 Å². The van der Waals surface area contributed by atoms with E-state index in [1.54, 1.807) is 0 Å². The van der Waals surface area contributed by atoms with Gasteiger partial charge in [-0.25, -0.2) is 0 Å². The maximum absolute atomic E-state index is 5.88. The molecule has 76 valence electrons. The fourth-order valence-corrected chi connectivity index (χ4v) is 2.04. The molecule has 0 atom stereocenters. The minimum atomic E-state index is 0.273. The van der Waals surface area contributed by atoms with Crippen molar-refractivity contribution in [3.05, 3.63) is 28.8 Å². The minimum absolute atomic E-state index is 0.273. The first kappa shape index (κ1) is 10.1. The van der Waals surface area contributed by atoms with E-state index < -0.39 is 0 Å². The normalized spacial score (nSPS) is 25.6. The molecule has 1 aromatic rings. The van der Waals surface area contributed by atoms with Crippen LogP contribution in [0.25, 0.3) is 0 Å². The molecule has 1 saturated carbocycles. The average Bonchev–Trinajstić information content (AvgIpc) is 2.09. The lowest BCUT2D eigenvalue weighted by Crippen LogP contribution is -2.34. The summed E-state index contributed by atoms with van der Waals surface area (Å²) in [5.74, 6) is 0.881. The Balaban J connectivity index is 2.05. The van der Waals surface area contributed by atoms with E-state index in [0.717, 1.165) is 24.2 Å². The molecule has 1 nitrogen and oxygen atoms in total. The van der Waals surface area contributed by atoms with E-state index >= 15 is 0 Å². The molecule has 14 heavy (non-hydrogen) atoms. The van der Waals surface area contributed by atoms with E-state index in [-0.39, 0.29) is 6.10 Å². The summed E-state index contributed by atoms with van der Waals surface area (Å²) in [7, 11) is 0. The van der Waals surface area contributed by atoms with Gasteiger partial charge in [-0.2, -0.15) is 0 Å². The van der Waals surface area contributed by atoms with Gasteiger partial charge in [-0.05, 0) is 24.6 Å². The van der Waals surface area contributed by atoms with Crippen molar-refractivity contribution in [2.45, 2.75) is 31.2 Å². The van der Waals surface area contributed by atoms with E-state index in [1.807, 2.05) is 25.1 Å². The van der Waals surface area contributed by atoms with Crippen LogP contribution in [0.2, 0.25) is 5.02 Å². The fraction of sp³-hybridized carbons (Fsp3) is 0.455. The molecule has 0 heterocycles. The van der Waals surface area contributed by atoms with Crippen LogP contribution in [0.5, 0.6) is 5.75 Å². The van der Waals surface area contributed by atoms with Gasteiger partial charge in [0.25, 0.3) is 0 Å². The van der Waals surface area contributed by atoms with Crippen LogP contribution < -0.4 is 4.74 Å². The molecule has 0 bridgehead atoms. The van der Waals surface area contributed by atoms with Crippen LogP contribution in [0.3, 0.4) is 0 Å². The van der Waals surface area contributed by atoms with Crippen molar-refractivity contribution in [3.63, 3.8) is 0 Å². The molecule has 1 aliphatic carbocycles. The lowest BCUT2D eigenvalue weighted by atomic mass is 9.95. The number of hydrogen-bond donors (Lipinski definition) is 0. The minimum Gasteiger partial charge on any atom is -0.490 e. The molecule has 0 spiro atoms. The average molecular weight is 231 g/mol. The Bertz CT molecular complexity index is 332. The number of hydrogen-bond acceptors (Lipinski definition) is 1. The van der Waals surface area contributed by atoms with E-state index in [9.17, 15) is 0 Å². The highest BCUT2D eigenvalue weighted by Crippen LogP contribution is 2.32. The van der Waals surface area contributed by atoms with Gasteiger partial charge in [0.1, 0.15) is 11.9 Å². The van der Waals surface area contributed by atoms with E-state index in [1.165, 1.54) is 0 Å². The zero-order chi connectivity index (χ0) is 10.1. The molecule has 1 aliphatic rings. The summed E-state index contributed by atoms with van der Waals surface area (Å²) in [6.45, 7) is 2.02. The Labute approximate surface area is 94.0 Å². The number of halogens is 2. The van der Waals surface area contributed by atoms with Gasteiger partial charge in [-0.3, -0.25) is 0 Å². The molecule has 0 aromatic heterocycles. The third-order valence-electron chi connectivity index (χ3n) is 2.48. The molecular weight excluding hydrogens is 219 g/mol. The van der Waals surface area contributed by atoms with Crippen molar-refractivity contribution in [2.75, 3.05) is 0 Å². The summed E-state index contributed by atoms with van der Waals surface area (Å²) < 4.78 is 5.76. The van der Waals surface area contributed by atoms with Gasteiger partial charge in [0.05, 0.1) is 0 Å². The number of aryl methyl sites for hydroxylation is 1. The molecule has 0 aliphatic heterocycles. The first-order valence-corrected chi connectivity index (χ1v) is 5.53. The number of ether oxygens (including phenoxy) is 1. The quantitative estimate of drug-likeness (QED) is 0.703. The largest absolute Gasteiger partial charge is 0.490 e. The summed E-state index contributed by atoms with van der Waals surface area (Å²) in [5, 5.41) is 1.01. The van der Waals surface area contributed by atoms with Crippen molar-refractivity contribution in [1.82, 2.24) is 0 Å². The third kappa shape index (κ3) is 2.15. The molecule has 1 aromatic carbocycles. The molecule has 0 N–H and O–H groups in total. The molecular formula is C11H12Cl2O. The van der Waals surface area contributed by atoms with Crippen LogP contribution >= 0.6 is 23.2 Å². The molecule has 0 radical (unpaired) electrons. The summed E-state index contributed by atoms with van der Waals surface area (Å²) >= 11 is 11.8. The van der Waals surface area contributed by atoms with Gasteiger partial charge in [0.15, 0.2) is 0 Å². The monoisotopic (exact) mass is 230 g/mol. The number of alkyl halides is 1. The van der Waals surface area contributed by atoms with Gasteiger partial charge in [-0.15, -0.1) is 11.6 Å². The topological polar surface area (TPSA) is 9.23 Å². The van der Waals surface area contributed by atoms with Crippen LogP contribution in [-0.2, 0) is 0 Å². The number of benzene rings is 1. The zero-order valence-electron chi connectivity index (χ0n) is 7.97. The van der Waals surface area contributed by atoms with Crippen LogP contribution in [0.1, 0.15) is 18.4 Å². The Morgan fingerprint density at radius 2 is 2.07 bits per heavy atom. The Hall–Kier alpha value is -0.400. The Kier molecular flexibility index (Phi) is 2.89. The molecule has 0 saturated heterocycles. The summed E-state index contributed by atoms with van der Waals surface area (Å²) in [6, 6.07) is 5.70. The van der Waals surface area contributed by atoms with Crippen molar-refractivity contribution >= 4 is 23.2 Å². The van der Waals surface area contributed by atoms with Crippen LogP contribution in [-0.4, -0.2) is 11.5 Å². The first-order valence-electron chi connectivity index (χ1n) is 4.72. The van der Waals surface area contributed by atoms with E-state index in [4.69, 9.17) is 27.9 Å². The van der Waals surface area contributed by atoms with E-state index in [0.29, 0.717) is 10.4 Å². The predicted octanol–water partition coefficient (Wildman–Crippen LogP) is 3.80. The van der Waals surface area contributed by atoms with E-state index in [2.05, 4.69) is 0 Å². The molecule has 0 amide bonds. The number of rotatable bonds is 2. The van der Waals surface area contributed by atoms with Crippen molar-refractivity contribution in [1.29, 1.82) is 0 Å². The highest BCUT2D eigenvalue weighted by Gasteiger charge is 2.29. The molecule has 2 rings (SSSR count). The van der Waals surface area contributed by atoms with Gasteiger partial charge in [-0.1, -0.05) is 17.7 Å². The van der Waals surface area contributed by atoms with Crippen LogP contribution in [0, 0.1) is 6.92 Å². The lowest BCUT2D eigenvalue weighted by molar-refractivity contribution is 0.123.